The highest BCUT2D eigenvalue weighted by atomic mass is 16.5. The zero-order valence-corrected chi connectivity index (χ0v) is 16.8. The minimum absolute atomic E-state index is 0.215. The third kappa shape index (κ3) is 4.49. The molecule has 1 saturated heterocycles. The minimum atomic E-state index is -0.670. The highest BCUT2D eigenvalue weighted by Gasteiger charge is 2.27. The van der Waals surface area contributed by atoms with Gasteiger partial charge in [-0.25, -0.2) is 0 Å². The Kier molecular flexibility index (Phi) is 5.86. The summed E-state index contributed by atoms with van der Waals surface area (Å²) in [6, 6.07) is 12.9. The van der Waals surface area contributed by atoms with E-state index in [1.807, 2.05) is 0 Å². The van der Waals surface area contributed by atoms with Crippen LogP contribution in [-0.4, -0.2) is 35.2 Å². The van der Waals surface area contributed by atoms with E-state index in [9.17, 15) is 4.79 Å². The third-order valence-corrected chi connectivity index (χ3v) is 6.58. The van der Waals surface area contributed by atoms with Crippen molar-refractivity contribution in [3.63, 3.8) is 0 Å². The Labute approximate surface area is 167 Å². The largest absolute Gasteiger partial charge is 0.490 e. The van der Waals surface area contributed by atoms with Gasteiger partial charge in [0.25, 0.3) is 0 Å². The van der Waals surface area contributed by atoms with E-state index in [0.29, 0.717) is 12.6 Å². The van der Waals surface area contributed by atoms with Crippen molar-refractivity contribution in [1.29, 1.82) is 0 Å². The lowest BCUT2D eigenvalue weighted by molar-refractivity contribution is -0.141. The second kappa shape index (κ2) is 8.52. The number of carboxylic acid groups (broad SMARTS) is 1. The molecule has 2 fully saturated rings. The molecule has 0 amide bonds. The number of fused-ring (bicyclic) bond motifs is 1. The second-order valence-corrected chi connectivity index (χ2v) is 8.57. The molecule has 150 valence electrons. The molecule has 1 unspecified atom stereocenters. The number of nitrogens with zero attached hydrogens (tertiary/aromatic N) is 1. The first-order valence-corrected chi connectivity index (χ1v) is 10.7. The molecule has 1 aliphatic carbocycles. The fourth-order valence-corrected chi connectivity index (χ4v) is 4.73. The monoisotopic (exact) mass is 381 g/mol. The van der Waals surface area contributed by atoms with Crippen LogP contribution in [0.1, 0.15) is 51.0 Å². The maximum absolute atomic E-state index is 11.1. The van der Waals surface area contributed by atoms with Gasteiger partial charge >= 0.3 is 5.97 Å². The summed E-state index contributed by atoms with van der Waals surface area (Å²) in [5, 5.41) is 11.6. The predicted octanol–water partition coefficient (Wildman–Crippen LogP) is 5.09. The lowest BCUT2D eigenvalue weighted by atomic mass is 9.86. The van der Waals surface area contributed by atoms with E-state index >= 15 is 0 Å². The van der Waals surface area contributed by atoms with E-state index < -0.39 is 5.97 Å². The molecule has 1 N–H and O–H groups in total. The standard InChI is InChI=1S/C24H31NO3/c1-2-17-4-8-22(9-5-17)28-23-10-7-19-13-18(3-6-20(19)14-23)15-25-12-11-21(16-25)24(26)27/h3,6-7,10,13-14,17,21-22H,2,4-5,8-9,11-12,15-16H2,1H3,(H,26,27). The summed E-state index contributed by atoms with van der Waals surface area (Å²) >= 11 is 0. The Bertz CT molecular complexity index is 826. The molecule has 28 heavy (non-hydrogen) atoms. The van der Waals surface area contributed by atoms with E-state index in [-0.39, 0.29) is 5.92 Å². The smallest absolute Gasteiger partial charge is 0.307 e. The molecule has 2 aromatic rings. The molecule has 1 aliphatic heterocycles. The van der Waals surface area contributed by atoms with Crippen molar-refractivity contribution in [2.45, 2.75) is 58.1 Å². The predicted molar refractivity (Wildman–Crippen MR) is 112 cm³/mol. The van der Waals surface area contributed by atoms with Crippen molar-refractivity contribution in [1.82, 2.24) is 4.90 Å². The molecule has 0 bridgehead atoms. The number of hydrogen-bond acceptors (Lipinski definition) is 3. The van der Waals surface area contributed by atoms with Crippen LogP contribution in [0.25, 0.3) is 10.8 Å². The fourth-order valence-electron chi connectivity index (χ4n) is 4.73. The topological polar surface area (TPSA) is 49.8 Å². The van der Waals surface area contributed by atoms with Crippen molar-refractivity contribution in [3.8, 4) is 5.75 Å². The molecule has 0 spiro atoms. The Morgan fingerprint density at radius 2 is 1.82 bits per heavy atom. The van der Waals surface area contributed by atoms with Gasteiger partial charge in [0.1, 0.15) is 5.75 Å². The Morgan fingerprint density at radius 3 is 2.54 bits per heavy atom. The number of likely N-dealkylation sites (tertiary alicyclic amines) is 1. The van der Waals surface area contributed by atoms with Gasteiger partial charge in [-0.3, -0.25) is 9.69 Å². The summed E-state index contributed by atoms with van der Waals surface area (Å²) in [6.45, 7) is 4.62. The first kappa shape index (κ1) is 19.3. The average Bonchev–Trinajstić information content (AvgIpc) is 3.17. The van der Waals surface area contributed by atoms with Gasteiger partial charge in [-0.05, 0) is 79.1 Å². The Morgan fingerprint density at radius 1 is 1.07 bits per heavy atom. The van der Waals surface area contributed by atoms with Crippen molar-refractivity contribution < 1.29 is 14.6 Å². The number of carbonyl (C=O) groups is 1. The first-order valence-electron chi connectivity index (χ1n) is 10.7. The zero-order valence-electron chi connectivity index (χ0n) is 16.8. The number of aliphatic carboxylic acids is 1. The SMILES string of the molecule is CCC1CCC(Oc2ccc3cc(CN4CCC(C(=O)O)C4)ccc3c2)CC1. The van der Waals surface area contributed by atoms with Crippen LogP contribution in [0.15, 0.2) is 36.4 Å². The van der Waals surface area contributed by atoms with Crippen molar-refractivity contribution in [2.24, 2.45) is 11.8 Å². The van der Waals surface area contributed by atoms with E-state index in [4.69, 9.17) is 9.84 Å². The molecule has 2 aromatic carbocycles. The van der Waals surface area contributed by atoms with Gasteiger partial charge in [0, 0.05) is 13.1 Å². The van der Waals surface area contributed by atoms with Gasteiger partial charge in [-0.2, -0.15) is 0 Å². The molecule has 1 saturated carbocycles. The van der Waals surface area contributed by atoms with Crippen LogP contribution < -0.4 is 4.74 Å². The summed E-state index contributed by atoms with van der Waals surface area (Å²) in [5.74, 6) is 0.976. The molecule has 1 heterocycles. The average molecular weight is 382 g/mol. The van der Waals surface area contributed by atoms with Crippen LogP contribution >= 0.6 is 0 Å². The summed E-state index contributed by atoms with van der Waals surface area (Å²) in [7, 11) is 0. The number of hydrogen-bond donors (Lipinski definition) is 1. The van der Waals surface area contributed by atoms with Gasteiger partial charge < -0.3 is 9.84 Å². The molecular formula is C24H31NO3. The van der Waals surface area contributed by atoms with Crippen LogP contribution in [0.4, 0.5) is 0 Å². The Hall–Kier alpha value is -2.07. The van der Waals surface area contributed by atoms with Crippen molar-refractivity contribution in [2.75, 3.05) is 13.1 Å². The Balaban J connectivity index is 1.38. The van der Waals surface area contributed by atoms with Gasteiger partial charge in [0.05, 0.1) is 12.0 Å². The minimum Gasteiger partial charge on any atom is -0.490 e. The van der Waals surface area contributed by atoms with Gasteiger partial charge in [-0.15, -0.1) is 0 Å². The van der Waals surface area contributed by atoms with E-state index in [1.165, 1.54) is 48.4 Å². The van der Waals surface area contributed by atoms with Gasteiger partial charge in [-0.1, -0.05) is 31.5 Å². The van der Waals surface area contributed by atoms with Crippen LogP contribution in [0, 0.1) is 11.8 Å². The molecule has 4 heteroatoms. The van der Waals surface area contributed by atoms with Gasteiger partial charge in [0.15, 0.2) is 0 Å². The molecule has 1 atom stereocenters. The van der Waals surface area contributed by atoms with E-state index in [2.05, 4.69) is 48.2 Å². The zero-order chi connectivity index (χ0) is 19.5. The van der Waals surface area contributed by atoms with Crippen LogP contribution in [0.2, 0.25) is 0 Å². The lowest BCUT2D eigenvalue weighted by Crippen LogP contribution is -2.23. The summed E-state index contributed by atoms with van der Waals surface area (Å²) in [6.07, 6.45) is 7.32. The van der Waals surface area contributed by atoms with Gasteiger partial charge in [0.2, 0.25) is 0 Å². The molecule has 4 rings (SSSR count). The first-order chi connectivity index (χ1) is 13.6. The van der Waals surface area contributed by atoms with Crippen molar-refractivity contribution in [3.05, 3.63) is 42.0 Å². The molecule has 4 nitrogen and oxygen atoms in total. The summed E-state index contributed by atoms with van der Waals surface area (Å²) < 4.78 is 6.26. The van der Waals surface area contributed by atoms with E-state index in [1.54, 1.807) is 0 Å². The molecule has 0 radical (unpaired) electrons. The maximum atomic E-state index is 11.1. The van der Waals surface area contributed by atoms with E-state index in [0.717, 1.165) is 31.2 Å². The molecular weight excluding hydrogens is 350 g/mol. The fraction of sp³-hybridized carbons (Fsp3) is 0.542. The van der Waals surface area contributed by atoms with Crippen molar-refractivity contribution >= 4 is 16.7 Å². The lowest BCUT2D eigenvalue weighted by Gasteiger charge is -2.28. The number of carboxylic acids is 1. The highest BCUT2D eigenvalue weighted by molar-refractivity contribution is 5.84. The number of rotatable bonds is 6. The highest BCUT2D eigenvalue weighted by Crippen LogP contribution is 2.31. The van der Waals surface area contributed by atoms with Crippen LogP contribution in [0.3, 0.4) is 0 Å². The summed E-state index contributed by atoms with van der Waals surface area (Å²) in [5.41, 5.74) is 1.24. The quantitative estimate of drug-likeness (QED) is 0.757. The normalized spacial score (nSPS) is 25.8. The van der Waals surface area contributed by atoms with Crippen LogP contribution in [-0.2, 0) is 11.3 Å². The maximum Gasteiger partial charge on any atom is 0.307 e. The second-order valence-electron chi connectivity index (χ2n) is 8.57. The molecule has 0 aromatic heterocycles. The summed E-state index contributed by atoms with van der Waals surface area (Å²) in [4.78, 5) is 13.4. The third-order valence-electron chi connectivity index (χ3n) is 6.58. The number of benzene rings is 2. The number of ether oxygens (including phenoxy) is 1. The van der Waals surface area contributed by atoms with Crippen LogP contribution in [0.5, 0.6) is 5.75 Å². The molecule has 2 aliphatic rings.